The molecule has 8 nitrogen and oxygen atoms in total. The van der Waals surface area contributed by atoms with E-state index in [-0.39, 0.29) is 17.2 Å². The van der Waals surface area contributed by atoms with Crippen molar-refractivity contribution in [1.29, 1.82) is 0 Å². The number of ether oxygens (including phenoxy) is 1. The molecule has 0 aliphatic carbocycles. The first-order chi connectivity index (χ1) is 11.5. The summed E-state index contributed by atoms with van der Waals surface area (Å²) in [7, 11) is 1.21. The first-order valence-electron chi connectivity index (χ1n) is 7.57. The maximum absolute atomic E-state index is 12.0. The molecule has 1 aromatic carbocycles. The van der Waals surface area contributed by atoms with Gasteiger partial charge in [0.15, 0.2) is 0 Å². The fourth-order valence-electron chi connectivity index (χ4n) is 2.41. The number of nitrogens with one attached hydrogen (secondary N) is 3. The fraction of sp³-hybridized carbons (Fsp3) is 0.375. The van der Waals surface area contributed by atoms with Crippen molar-refractivity contribution in [3.8, 4) is 0 Å². The molecule has 1 aliphatic rings. The van der Waals surface area contributed by atoms with Crippen molar-refractivity contribution in [2.45, 2.75) is 12.8 Å². The van der Waals surface area contributed by atoms with E-state index in [9.17, 15) is 19.2 Å². The molecule has 0 spiro atoms. The van der Waals surface area contributed by atoms with Gasteiger partial charge in [0.05, 0.1) is 18.4 Å². The summed E-state index contributed by atoms with van der Waals surface area (Å²) in [5, 5.41) is 7.53. The summed E-state index contributed by atoms with van der Waals surface area (Å²) < 4.78 is 4.61. The van der Waals surface area contributed by atoms with E-state index in [0.29, 0.717) is 25.9 Å². The Labute approximate surface area is 138 Å². The van der Waals surface area contributed by atoms with E-state index in [1.165, 1.54) is 19.2 Å². The van der Waals surface area contributed by atoms with Crippen LogP contribution < -0.4 is 16.0 Å². The van der Waals surface area contributed by atoms with Crippen LogP contribution in [0, 0.1) is 5.92 Å². The molecule has 128 valence electrons. The number of rotatable bonds is 3. The number of carbonyl (C=O) groups excluding carboxylic acids is 4. The molecule has 1 heterocycles. The van der Waals surface area contributed by atoms with Crippen molar-refractivity contribution in [2.75, 3.05) is 25.5 Å². The lowest BCUT2D eigenvalue weighted by Gasteiger charge is -2.21. The lowest BCUT2D eigenvalue weighted by molar-refractivity contribution is -0.141. The topological polar surface area (TPSA) is 114 Å². The minimum absolute atomic E-state index is 0.117. The molecule has 1 saturated heterocycles. The molecule has 8 heteroatoms. The number of esters is 1. The van der Waals surface area contributed by atoms with Gasteiger partial charge in [0.25, 0.3) is 0 Å². The number of para-hydroxylation sites is 1. The molecule has 0 unspecified atom stereocenters. The van der Waals surface area contributed by atoms with Crippen LogP contribution in [0.25, 0.3) is 0 Å². The quantitative estimate of drug-likeness (QED) is 0.532. The number of amides is 3. The van der Waals surface area contributed by atoms with Gasteiger partial charge in [-0.05, 0) is 38.1 Å². The van der Waals surface area contributed by atoms with Crippen LogP contribution in [0.4, 0.5) is 5.69 Å². The molecule has 0 bridgehead atoms. The summed E-state index contributed by atoms with van der Waals surface area (Å²) in [5.41, 5.74) is 0.254. The number of hydrogen-bond donors (Lipinski definition) is 3. The predicted molar refractivity (Wildman–Crippen MR) is 85.2 cm³/mol. The molecule has 0 saturated carbocycles. The first-order valence-corrected chi connectivity index (χ1v) is 7.57. The number of benzene rings is 1. The monoisotopic (exact) mass is 333 g/mol. The van der Waals surface area contributed by atoms with Gasteiger partial charge in [0.2, 0.25) is 5.91 Å². The zero-order chi connectivity index (χ0) is 17.5. The largest absolute Gasteiger partial charge is 0.465 e. The summed E-state index contributed by atoms with van der Waals surface area (Å²) in [4.78, 5) is 47.4. The number of anilines is 1. The van der Waals surface area contributed by atoms with E-state index in [1.807, 2.05) is 0 Å². The summed E-state index contributed by atoms with van der Waals surface area (Å²) in [6.45, 7) is 1.40. The van der Waals surface area contributed by atoms with Gasteiger partial charge in [-0.2, -0.15) is 0 Å². The van der Waals surface area contributed by atoms with Crippen LogP contribution in [0.1, 0.15) is 23.2 Å². The molecule has 0 radical (unpaired) electrons. The third-order valence-corrected chi connectivity index (χ3v) is 3.73. The average molecular weight is 333 g/mol. The van der Waals surface area contributed by atoms with E-state index < -0.39 is 23.7 Å². The van der Waals surface area contributed by atoms with Gasteiger partial charge >= 0.3 is 17.8 Å². The normalized spacial score (nSPS) is 14.5. The van der Waals surface area contributed by atoms with Gasteiger partial charge in [0.1, 0.15) is 0 Å². The van der Waals surface area contributed by atoms with Crippen LogP contribution in [0.15, 0.2) is 24.3 Å². The highest BCUT2D eigenvalue weighted by Gasteiger charge is 2.25. The van der Waals surface area contributed by atoms with Gasteiger partial charge in [-0.25, -0.2) is 4.79 Å². The Morgan fingerprint density at radius 3 is 2.42 bits per heavy atom. The zero-order valence-electron chi connectivity index (χ0n) is 13.3. The molecule has 1 aromatic rings. The highest BCUT2D eigenvalue weighted by molar-refractivity contribution is 6.42. The smallest absolute Gasteiger partial charge is 0.339 e. The van der Waals surface area contributed by atoms with Crippen molar-refractivity contribution < 1.29 is 23.9 Å². The molecule has 1 fully saturated rings. The lowest BCUT2D eigenvalue weighted by atomic mass is 9.97. The first kappa shape index (κ1) is 17.6. The predicted octanol–water partition coefficient (Wildman–Crippen LogP) is 0.0541. The Bertz CT molecular complexity index is 653. The molecule has 3 amide bonds. The third kappa shape index (κ3) is 4.39. The van der Waals surface area contributed by atoms with Crippen molar-refractivity contribution in [1.82, 2.24) is 10.6 Å². The van der Waals surface area contributed by atoms with E-state index in [1.54, 1.807) is 12.1 Å². The zero-order valence-corrected chi connectivity index (χ0v) is 13.3. The third-order valence-electron chi connectivity index (χ3n) is 3.73. The Balaban J connectivity index is 1.98. The minimum atomic E-state index is -1.06. The SMILES string of the molecule is COC(=O)c1ccccc1NC(=O)C(=O)NC(=O)C1CCNCC1. The van der Waals surface area contributed by atoms with Crippen molar-refractivity contribution in [3.05, 3.63) is 29.8 Å². The van der Waals surface area contributed by atoms with Crippen LogP contribution in [0.2, 0.25) is 0 Å². The van der Waals surface area contributed by atoms with Gasteiger partial charge < -0.3 is 15.4 Å². The summed E-state index contributed by atoms with van der Waals surface area (Å²) in [5.74, 6) is -3.47. The van der Waals surface area contributed by atoms with Crippen LogP contribution in [0.3, 0.4) is 0 Å². The van der Waals surface area contributed by atoms with Crippen molar-refractivity contribution in [2.24, 2.45) is 5.92 Å². The van der Waals surface area contributed by atoms with Gasteiger partial charge in [-0.3, -0.25) is 19.7 Å². The minimum Gasteiger partial charge on any atom is -0.465 e. The molecule has 0 atom stereocenters. The number of methoxy groups -OCH3 is 1. The average Bonchev–Trinajstić information content (AvgIpc) is 2.62. The Hall–Kier alpha value is -2.74. The molecule has 1 aliphatic heterocycles. The molecular formula is C16H19N3O5. The van der Waals surface area contributed by atoms with Gasteiger partial charge in [-0.1, -0.05) is 12.1 Å². The summed E-state index contributed by atoms with van der Waals surface area (Å²) >= 11 is 0. The Kier molecular flexibility index (Phi) is 6.02. The standard InChI is InChI=1S/C16H19N3O5/c1-24-16(23)11-4-2-3-5-12(11)18-14(21)15(22)19-13(20)10-6-8-17-9-7-10/h2-5,10,17H,6-9H2,1H3,(H,18,21)(H,19,20,22). The molecular weight excluding hydrogens is 314 g/mol. The Morgan fingerprint density at radius 2 is 1.75 bits per heavy atom. The molecule has 3 N–H and O–H groups in total. The molecule has 2 rings (SSSR count). The van der Waals surface area contributed by atoms with Gasteiger partial charge in [-0.15, -0.1) is 0 Å². The van der Waals surface area contributed by atoms with E-state index in [2.05, 4.69) is 20.7 Å². The highest BCUT2D eigenvalue weighted by atomic mass is 16.5. The lowest BCUT2D eigenvalue weighted by Crippen LogP contribution is -2.44. The molecule has 24 heavy (non-hydrogen) atoms. The Morgan fingerprint density at radius 1 is 1.08 bits per heavy atom. The van der Waals surface area contributed by atoms with Crippen molar-refractivity contribution in [3.63, 3.8) is 0 Å². The van der Waals surface area contributed by atoms with Crippen LogP contribution in [-0.4, -0.2) is 43.9 Å². The molecule has 0 aromatic heterocycles. The van der Waals surface area contributed by atoms with E-state index in [0.717, 1.165) is 0 Å². The van der Waals surface area contributed by atoms with Crippen molar-refractivity contribution >= 4 is 29.4 Å². The fourth-order valence-corrected chi connectivity index (χ4v) is 2.41. The highest BCUT2D eigenvalue weighted by Crippen LogP contribution is 2.16. The summed E-state index contributed by atoms with van der Waals surface area (Å²) in [6.07, 6.45) is 1.23. The number of carbonyl (C=O) groups is 4. The van der Waals surface area contributed by atoms with Crippen LogP contribution >= 0.6 is 0 Å². The summed E-state index contributed by atoms with van der Waals surface area (Å²) in [6, 6.07) is 6.12. The number of imide groups is 1. The number of hydrogen-bond acceptors (Lipinski definition) is 6. The van der Waals surface area contributed by atoms with E-state index in [4.69, 9.17) is 0 Å². The van der Waals surface area contributed by atoms with Gasteiger partial charge in [0, 0.05) is 5.92 Å². The second-order valence-corrected chi connectivity index (χ2v) is 5.33. The van der Waals surface area contributed by atoms with Crippen LogP contribution in [0.5, 0.6) is 0 Å². The number of piperidine rings is 1. The second kappa shape index (κ2) is 8.21. The second-order valence-electron chi connectivity index (χ2n) is 5.33. The van der Waals surface area contributed by atoms with E-state index >= 15 is 0 Å². The maximum Gasteiger partial charge on any atom is 0.339 e. The van der Waals surface area contributed by atoms with Crippen LogP contribution in [-0.2, 0) is 19.1 Å². The maximum atomic E-state index is 12.0.